The summed E-state index contributed by atoms with van der Waals surface area (Å²) in [6, 6.07) is 1.43. The normalized spacial score (nSPS) is 27.8. The molecule has 3 fully saturated rings. The van der Waals surface area contributed by atoms with Gasteiger partial charge in [0.25, 0.3) is 0 Å². The molecule has 136 valence electrons. The third-order valence-corrected chi connectivity index (χ3v) is 5.94. The minimum atomic E-state index is -0.170. The molecule has 6 nitrogen and oxygen atoms in total. The molecule has 0 N–H and O–H groups in total. The minimum absolute atomic E-state index is 0.170. The molecule has 24 heavy (non-hydrogen) atoms. The smallest absolute Gasteiger partial charge is 0.409 e. The lowest BCUT2D eigenvalue weighted by molar-refractivity contribution is -0.132. The molecule has 0 unspecified atom stereocenters. The van der Waals surface area contributed by atoms with Crippen LogP contribution in [0.1, 0.15) is 52.4 Å². The fraction of sp³-hybridized carbons (Fsp3) is 0.889. The molecule has 3 aliphatic heterocycles. The number of hydrogen-bond acceptors (Lipinski definition) is 4. The predicted molar refractivity (Wildman–Crippen MR) is 91.8 cm³/mol. The van der Waals surface area contributed by atoms with E-state index >= 15 is 0 Å². The minimum Gasteiger partial charge on any atom is -0.450 e. The lowest BCUT2D eigenvalue weighted by atomic mass is 9.97. The SMILES string of the molecule is CCOC(=O)N1CCC(N2CCC(N3C(=O)CC[C@H]3C)CC2)CC1. The number of piperidine rings is 2. The molecule has 0 aliphatic carbocycles. The van der Waals surface area contributed by atoms with Crippen LogP contribution in [0.5, 0.6) is 0 Å². The molecule has 2 amide bonds. The van der Waals surface area contributed by atoms with Crippen LogP contribution in [0.2, 0.25) is 0 Å². The molecule has 0 radical (unpaired) electrons. The lowest BCUT2D eigenvalue weighted by Crippen LogP contribution is -2.52. The molecule has 3 rings (SSSR count). The largest absolute Gasteiger partial charge is 0.450 e. The van der Waals surface area contributed by atoms with Crippen LogP contribution in [0.15, 0.2) is 0 Å². The van der Waals surface area contributed by atoms with Gasteiger partial charge in [-0.3, -0.25) is 4.79 Å². The molecular formula is C18H31N3O3. The van der Waals surface area contributed by atoms with Gasteiger partial charge >= 0.3 is 6.09 Å². The van der Waals surface area contributed by atoms with Gasteiger partial charge in [-0.25, -0.2) is 4.79 Å². The fourth-order valence-electron chi connectivity index (χ4n) is 4.57. The number of rotatable bonds is 3. The van der Waals surface area contributed by atoms with Crippen molar-refractivity contribution in [3.05, 3.63) is 0 Å². The highest BCUT2D eigenvalue weighted by Gasteiger charge is 2.37. The third-order valence-electron chi connectivity index (χ3n) is 5.94. The van der Waals surface area contributed by atoms with Crippen molar-refractivity contribution in [3.8, 4) is 0 Å². The number of amides is 2. The van der Waals surface area contributed by atoms with Gasteiger partial charge in [-0.2, -0.15) is 0 Å². The van der Waals surface area contributed by atoms with E-state index in [-0.39, 0.29) is 6.09 Å². The zero-order valence-electron chi connectivity index (χ0n) is 15.1. The van der Waals surface area contributed by atoms with Gasteiger partial charge in [-0.1, -0.05) is 0 Å². The van der Waals surface area contributed by atoms with Gasteiger partial charge in [0.05, 0.1) is 6.61 Å². The molecular weight excluding hydrogens is 306 g/mol. The van der Waals surface area contributed by atoms with Gasteiger partial charge in [0.15, 0.2) is 0 Å². The second kappa shape index (κ2) is 7.72. The van der Waals surface area contributed by atoms with Gasteiger partial charge < -0.3 is 19.4 Å². The van der Waals surface area contributed by atoms with E-state index in [2.05, 4.69) is 16.7 Å². The van der Waals surface area contributed by atoms with Crippen molar-refractivity contribution in [1.29, 1.82) is 0 Å². The summed E-state index contributed by atoms with van der Waals surface area (Å²) in [4.78, 5) is 30.4. The first-order valence-corrected chi connectivity index (χ1v) is 9.57. The lowest BCUT2D eigenvalue weighted by Gasteiger charge is -2.44. The summed E-state index contributed by atoms with van der Waals surface area (Å²) in [6.45, 7) is 8.22. The quantitative estimate of drug-likeness (QED) is 0.791. The second-order valence-corrected chi connectivity index (χ2v) is 7.37. The maximum Gasteiger partial charge on any atom is 0.409 e. The summed E-state index contributed by atoms with van der Waals surface area (Å²) in [7, 11) is 0. The maximum atomic E-state index is 12.1. The number of ether oxygens (including phenoxy) is 1. The highest BCUT2D eigenvalue weighted by Crippen LogP contribution is 2.28. The molecule has 1 atom stereocenters. The van der Waals surface area contributed by atoms with Crippen LogP contribution in [0.4, 0.5) is 4.79 Å². The Morgan fingerprint density at radius 1 is 1.04 bits per heavy atom. The summed E-state index contributed by atoms with van der Waals surface area (Å²) in [5.74, 6) is 0.351. The van der Waals surface area contributed by atoms with Crippen LogP contribution < -0.4 is 0 Å². The Morgan fingerprint density at radius 3 is 2.21 bits per heavy atom. The van der Waals surface area contributed by atoms with E-state index in [0.29, 0.717) is 30.6 Å². The molecule has 3 aliphatic rings. The first kappa shape index (κ1) is 17.5. The summed E-state index contributed by atoms with van der Waals surface area (Å²) in [5.41, 5.74) is 0. The van der Waals surface area contributed by atoms with Crippen molar-refractivity contribution in [3.63, 3.8) is 0 Å². The third kappa shape index (κ3) is 3.68. The second-order valence-electron chi connectivity index (χ2n) is 7.37. The van der Waals surface area contributed by atoms with Crippen LogP contribution >= 0.6 is 0 Å². The Balaban J connectivity index is 1.44. The number of carbonyl (C=O) groups is 2. The van der Waals surface area contributed by atoms with Crippen molar-refractivity contribution in [2.75, 3.05) is 32.8 Å². The predicted octanol–water partition coefficient (Wildman–Crippen LogP) is 2.08. The Kier molecular flexibility index (Phi) is 5.64. The Labute approximate surface area is 145 Å². The molecule has 0 aromatic carbocycles. The van der Waals surface area contributed by atoms with E-state index in [9.17, 15) is 9.59 Å². The van der Waals surface area contributed by atoms with Crippen LogP contribution in [0.3, 0.4) is 0 Å². The Bertz CT molecular complexity index is 454. The molecule has 0 aromatic rings. The molecule has 0 bridgehead atoms. The van der Waals surface area contributed by atoms with Gasteiger partial charge in [-0.05, 0) is 46.0 Å². The van der Waals surface area contributed by atoms with Crippen molar-refractivity contribution in [2.45, 2.75) is 70.5 Å². The average molecular weight is 337 g/mol. The van der Waals surface area contributed by atoms with Crippen LogP contribution in [0, 0.1) is 0 Å². The van der Waals surface area contributed by atoms with Crippen LogP contribution in [-0.4, -0.2) is 77.6 Å². The van der Waals surface area contributed by atoms with Gasteiger partial charge in [-0.15, -0.1) is 0 Å². The molecule has 0 saturated carbocycles. The van der Waals surface area contributed by atoms with E-state index in [1.165, 1.54) is 0 Å². The van der Waals surface area contributed by atoms with E-state index in [1.54, 1.807) is 0 Å². The zero-order valence-corrected chi connectivity index (χ0v) is 15.1. The Morgan fingerprint density at radius 2 is 1.67 bits per heavy atom. The summed E-state index contributed by atoms with van der Waals surface area (Å²) >= 11 is 0. The monoisotopic (exact) mass is 337 g/mol. The number of carbonyl (C=O) groups excluding carboxylic acids is 2. The first-order valence-electron chi connectivity index (χ1n) is 9.57. The first-order chi connectivity index (χ1) is 11.6. The highest BCUT2D eigenvalue weighted by molar-refractivity contribution is 5.79. The highest BCUT2D eigenvalue weighted by atomic mass is 16.6. The summed E-state index contributed by atoms with van der Waals surface area (Å²) in [5, 5.41) is 0. The maximum absolute atomic E-state index is 12.1. The van der Waals surface area contributed by atoms with Crippen LogP contribution in [0.25, 0.3) is 0 Å². The van der Waals surface area contributed by atoms with E-state index < -0.39 is 0 Å². The van der Waals surface area contributed by atoms with E-state index in [0.717, 1.165) is 64.7 Å². The van der Waals surface area contributed by atoms with Gasteiger partial charge in [0, 0.05) is 50.7 Å². The van der Waals surface area contributed by atoms with Crippen molar-refractivity contribution >= 4 is 12.0 Å². The zero-order chi connectivity index (χ0) is 17.1. The molecule has 0 aromatic heterocycles. The topological polar surface area (TPSA) is 53.1 Å². The summed E-state index contributed by atoms with van der Waals surface area (Å²) < 4.78 is 5.09. The number of likely N-dealkylation sites (tertiary alicyclic amines) is 3. The van der Waals surface area contributed by atoms with Gasteiger partial charge in [0.1, 0.15) is 0 Å². The summed E-state index contributed by atoms with van der Waals surface area (Å²) in [6.07, 6.45) is 5.82. The van der Waals surface area contributed by atoms with Crippen molar-refractivity contribution in [1.82, 2.24) is 14.7 Å². The van der Waals surface area contributed by atoms with E-state index in [4.69, 9.17) is 4.74 Å². The average Bonchev–Trinajstić information content (AvgIpc) is 2.94. The standard InChI is InChI=1S/C18H31N3O3/c1-3-24-18(23)20-12-6-15(7-13-20)19-10-8-16(9-11-19)21-14(2)4-5-17(21)22/h14-16H,3-13H2,1-2H3/t14-/m1/s1. The van der Waals surface area contributed by atoms with Crippen LogP contribution in [-0.2, 0) is 9.53 Å². The van der Waals surface area contributed by atoms with Gasteiger partial charge in [0.2, 0.25) is 5.91 Å². The molecule has 6 heteroatoms. The molecule has 0 spiro atoms. The number of nitrogens with zero attached hydrogens (tertiary/aromatic N) is 3. The Hall–Kier alpha value is -1.30. The molecule has 3 saturated heterocycles. The van der Waals surface area contributed by atoms with E-state index in [1.807, 2.05) is 11.8 Å². The number of hydrogen-bond donors (Lipinski definition) is 0. The van der Waals surface area contributed by atoms with Crippen molar-refractivity contribution < 1.29 is 14.3 Å². The fourth-order valence-corrected chi connectivity index (χ4v) is 4.57. The molecule has 3 heterocycles. The van der Waals surface area contributed by atoms with Crippen molar-refractivity contribution in [2.24, 2.45) is 0 Å².